The summed E-state index contributed by atoms with van der Waals surface area (Å²) in [5.74, 6) is 1.31. The van der Waals surface area contributed by atoms with Gasteiger partial charge in [0.1, 0.15) is 5.75 Å². The lowest BCUT2D eigenvalue weighted by molar-refractivity contribution is 0.551. The summed E-state index contributed by atoms with van der Waals surface area (Å²) in [7, 11) is 0. The Morgan fingerprint density at radius 3 is 2.30 bits per heavy atom. The molecule has 2 aromatic carbocycles. The maximum atomic E-state index is 5.83. The van der Waals surface area contributed by atoms with Gasteiger partial charge < -0.3 is 4.74 Å². The molecule has 0 bridgehead atoms. The highest BCUT2D eigenvalue weighted by Crippen LogP contribution is 2.18. The number of thiol groups is 1. The van der Waals surface area contributed by atoms with Gasteiger partial charge in [-0.1, -0.05) is 35.9 Å². The number of benzene rings is 2. The van der Waals surface area contributed by atoms with Crippen LogP contribution in [0, 0.1) is 6.92 Å². The van der Waals surface area contributed by atoms with Crippen molar-refractivity contribution >= 4 is 24.2 Å². The van der Waals surface area contributed by atoms with Gasteiger partial charge in [0.25, 0.3) is 0 Å². The van der Waals surface area contributed by atoms with Crippen LogP contribution in [0.2, 0.25) is 0 Å². The van der Waals surface area contributed by atoms with E-state index in [4.69, 9.17) is 4.74 Å². The van der Waals surface area contributed by atoms with Crippen LogP contribution in [-0.2, 0) is 0 Å². The third-order valence-electron chi connectivity index (χ3n) is 2.75. The van der Waals surface area contributed by atoms with Crippen molar-refractivity contribution in [2.75, 3.05) is 0 Å². The smallest absolute Gasteiger partial charge is 0.223 e. The van der Waals surface area contributed by atoms with Gasteiger partial charge in [-0.25, -0.2) is 4.99 Å². The highest BCUT2D eigenvalue weighted by atomic mass is 32.1. The van der Waals surface area contributed by atoms with Crippen molar-refractivity contribution in [3.63, 3.8) is 0 Å². The first-order chi connectivity index (χ1) is 9.69. The van der Waals surface area contributed by atoms with E-state index in [0.717, 1.165) is 17.0 Å². The van der Waals surface area contributed by atoms with Gasteiger partial charge in [0, 0.05) is 5.57 Å². The van der Waals surface area contributed by atoms with Crippen molar-refractivity contribution in [3.8, 4) is 5.75 Å². The summed E-state index contributed by atoms with van der Waals surface area (Å²) in [4.78, 5) is 4.54. The molecule has 3 heteroatoms. The van der Waals surface area contributed by atoms with Gasteiger partial charge in [0.2, 0.25) is 5.90 Å². The van der Waals surface area contributed by atoms with Crippen LogP contribution in [0.25, 0.3) is 0 Å². The number of hydrogen-bond acceptors (Lipinski definition) is 3. The third kappa shape index (κ3) is 4.00. The molecule has 0 aliphatic heterocycles. The maximum Gasteiger partial charge on any atom is 0.223 e. The van der Waals surface area contributed by atoms with Crippen LogP contribution in [-0.4, -0.2) is 5.90 Å². The van der Waals surface area contributed by atoms with Crippen LogP contribution in [0.1, 0.15) is 12.5 Å². The number of aryl methyl sites for hydroxylation is 1. The first-order valence-electron chi connectivity index (χ1n) is 6.38. The summed E-state index contributed by atoms with van der Waals surface area (Å²) < 4.78 is 5.83. The molecule has 0 aliphatic rings. The molecule has 0 saturated carbocycles. The number of rotatable bonds is 3. The predicted octanol–water partition coefficient (Wildman–Crippen LogP) is 4.94. The second-order valence-corrected chi connectivity index (χ2v) is 4.74. The van der Waals surface area contributed by atoms with E-state index in [1.54, 1.807) is 5.41 Å². The Morgan fingerprint density at radius 2 is 1.70 bits per heavy atom. The second kappa shape index (κ2) is 6.96. The average Bonchev–Trinajstić information content (AvgIpc) is 2.49. The molecule has 0 heterocycles. The number of hydrogen-bond donors (Lipinski definition) is 1. The molecule has 2 rings (SSSR count). The molecule has 0 atom stereocenters. The molecule has 2 aromatic rings. The van der Waals surface area contributed by atoms with E-state index in [1.807, 2.05) is 68.4 Å². The Morgan fingerprint density at radius 1 is 1.05 bits per heavy atom. The SMILES string of the molecule is CC(=C\S)/C(=N/c1ccc(C)cc1)Oc1ccccc1. The zero-order chi connectivity index (χ0) is 14.4. The summed E-state index contributed by atoms with van der Waals surface area (Å²) in [5.41, 5.74) is 2.93. The van der Waals surface area contributed by atoms with Crippen LogP contribution in [0.4, 0.5) is 5.69 Å². The Bertz CT molecular complexity index is 615. The molecule has 0 unspecified atom stereocenters. The van der Waals surface area contributed by atoms with Crippen molar-refractivity contribution in [2.45, 2.75) is 13.8 Å². The molecule has 20 heavy (non-hydrogen) atoms. The van der Waals surface area contributed by atoms with Crippen LogP contribution >= 0.6 is 12.6 Å². The fourth-order valence-corrected chi connectivity index (χ4v) is 1.69. The minimum absolute atomic E-state index is 0.551. The van der Waals surface area contributed by atoms with E-state index in [1.165, 1.54) is 5.56 Å². The van der Waals surface area contributed by atoms with E-state index < -0.39 is 0 Å². The molecule has 0 amide bonds. The van der Waals surface area contributed by atoms with E-state index in [-0.39, 0.29) is 0 Å². The zero-order valence-corrected chi connectivity index (χ0v) is 12.5. The fourth-order valence-electron chi connectivity index (χ4n) is 1.58. The molecular formula is C17H17NOS. The second-order valence-electron chi connectivity index (χ2n) is 4.48. The van der Waals surface area contributed by atoms with Crippen molar-refractivity contribution < 1.29 is 4.74 Å². The van der Waals surface area contributed by atoms with Crippen LogP contribution < -0.4 is 4.74 Å². The normalized spacial score (nSPS) is 12.3. The molecule has 0 N–H and O–H groups in total. The lowest BCUT2D eigenvalue weighted by Gasteiger charge is -2.09. The molecule has 0 spiro atoms. The molecule has 102 valence electrons. The summed E-state index contributed by atoms with van der Waals surface area (Å²) in [6.45, 7) is 3.97. The first-order valence-corrected chi connectivity index (χ1v) is 6.90. The Balaban J connectivity index is 2.30. The van der Waals surface area contributed by atoms with Gasteiger partial charge in [0.05, 0.1) is 5.69 Å². The fraction of sp³-hybridized carbons (Fsp3) is 0.118. The topological polar surface area (TPSA) is 21.6 Å². The number of nitrogens with zero attached hydrogens (tertiary/aromatic N) is 1. The number of aliphatic imine (C=N–C) groups is 1. The Labute approximate surface area is 125 Å². The van der Waals surface area contributed by atoms with Crippen molar-refractivity contribution in [1.29, 1.82) is 0 Å². The minimum atomic E-state index is 0.551. The van der Waals surface area contributed by atoms with Gasteiger partial charge in [-0.05, 0) is 43.5 Å². The number of para-hydroxylation sites is 1. The molecule has 2 nitrogen and oxygen atoms in total. The van der Waals surface area contributed by atoms with Gasteiger partial charge in [-0.2, -0.15) is 12.6 Å². The molecular weight excluding hydrogens is 266 g/mol. The van der Waals surface area contributed by atoms with Crippen LogP contribution in [0.3, 0.4) is 0 Å². The van der Waals surface area contributed by atoms with E-state index in [9.17, 15) is 0 Å². The van der Waals surface area contributed by atoms with Crippen LogP contribution in [0.5, 0.6) is 5.75 Å². The first kappa shape index (κ1) is 14.4. The maximum absolute atomic E-state index is 5.83. The summed E-state index contributed by atoms with van der Waals surface area (Å²) >= 11 is 4.18. The van der Waals surface area contributed by atoms with E-state index in [0.29, 0.717) is 5.90 Å². The quantitative estimate of drug-likeness (QED) is 0.481. The zero-order valence-electron chi connectivity index (χ0n) is 11.6. The highest BCUT2D eigenvalue weighted by molar-refractivity contribution is 7.83. The van der Waals surface area contributed by atoms with Gasteiger partial charge in [-0.3, -0.25) is 0 Å². The lowest BCUT2D eigenvalue weighted by Crippen LogP contribution is -2.09. The Kier molecular flexibility index (Phi) is 5.02. The molecule has 0 aromatic heterocycles. The monoisotopic (exact) mass is 283 g/mol. The Hall–Kier alpha value is -2.00. The molecule has 0 fully saturated rings. The third-order valence-corrected chi connectivity index (χ3v) is 3.14. The average molecular weight is 283 g/mol. The summed E-state index contributed by atoms with van der Waals surface area (Å²) in [6.07, 6.45) is 0. The summed E-state index contributed by atoms with van der Waals surface area (Å²) in [5, 5.41) is 1.69. The van der Waals surface area contributed by atoms with Crippen molar-refractivity contribution in [2.24, 2.45) is 4.99 Å². The minimum Gasteiger partial charge on any atom is -0.439 e. The molecule has 0 aliphatic carbocycles. The van der Waals surface area contributed by atoms with Crippen LogP contribution in [0.15, 0.2) is 70.6 Å². The van der Waals surface area contributed by atoms with E-state index in [2.05, 4.69) is 17.6 Å². The van der Waals surface area contributed by atoms with E-state index >= 15 is 0 Å². The predicted molar refractivity (Wildman–Crippen MR) is 88.1 cm³/mol. The highest BCUT2D eigenvalue weighted by Gasteiger charge is 2.05. The number of ether oxygens (including phenoxy) is 1. The lowest BCUT2D eigenvalue weighted by atomic mass is 10.2. The summed E-state index contributed by atoms with van der Waals surface area (Å²) in [6, 6.07) is 17.6. The standard InChI is InChI=1S/C17H17NOS/c1-13-8-10-15(11-9-13)18-17(14(2)12-20)19-16-6-4-3-5-7-16/h3-12,20H,1-2H3/b14-12+,18-17-. The largest absolute Gasteiger partial charge is 0.439 e. The van der Waals surface area contributed by atoms with Crippen molar-refractivity contribution in [3.05, 3.63) is 71.1 Å². The molecule has 0 saturated heterocycles. The van der Waals surface area contributed by atoms with Gasteiger partial charge >= 0.3 is 0 Å². The van der Waals surface area contributed by atoms with Crippen molar-refractivity contribution in [1.82, 2.24) is 0 Å². The van der Waals surface area contributed by atoms with Gasteiger partial charge in [0.15, 0.2) is 0 Å². The molecule has 0 radical (unpaired) electrons. The van der Waals surface area contributed by atoms with Gasteiger partial charge in [-0.15, -0.1) is 0 Å².